The van der Waals surface area contributed by atoms with Crippen molar-refractivity contribution < 1.29 is 23.8 Å². The lowest BCUT2D eigenvalue weighted by Crippen LogP contribution is -2.48. The summed E-state index contributed by atoms with van der Waals surface area (Å²) in [6.45, 7) is 1.45. The second-order valence-electron chi connectivity index (χ2n) is 8.21. The van der Waals surface area contributed by atoms with Crippen molar-refractivity contribution in [3.8, 4) is 17.2 Å². The van der Waals surface area contributed by atoms with E-state index in [1.807, 2.05) is 4.90 Å². The van der Waals surface area contributed by atoms with Crippen LogP contribution in [0, 0.1) is 5.92 Å². The van der Waals surface area contributed by atoms with Gasteiger partial charge in [-0.2, -0.15) is 0 Å². The average molecular weight is 419 g/mol. The van der Waals surface area contributed by atoms with Gasteiger partial charge in [-0.1, -0.05) is 19.3 Å². The van der Waals surface area contributed by atoms with Crippen LogP contribution < -0.4 is 19.5 Å². The summed E-state index contributed by atoms with van der Waals surface area (Å²) in [4.78, 5) is 27.3. The molecule has 2 amide bonds. The van der Waals surface area contributed by atoms with Gasteiger partial charge in [0.1, 0.15) is 0 Å². The van der Waals surface area contributed by atoms with Crippen LogP contribution >= 0.6 is 0 Å². The molecule has 2 fully saturated rings. The summed E-state index contributed by atoms with van der Waals surface area (Å²) < 4.78 is 16.1. The molecule has 1 saturated carbocycles. The maximum absolute atomic E-state index is 12.7. The fourth-order valence-corrected chi connectivity index (χ4v) is 4.55. The number of amides is 2. The first-order valence-electron chi connectivity index (χ1n) is 10.9. The van der Waals surface area contributed by atoms with Crippen molar-refractivity contribution >= 4 is 11.8 Å². The summed E-state index contributed by atoms with van der Waals surface area (Å²) >= 11 is 0. The molecule has 1 aromatic carbocycles. The van der Waals surface area contributed by atoms with E-state index in [0.717, 1.165) is 44.3 Å². The molecule has 0 aromatic heterocycles. The zero-order valence-electron chi connectivity index (χ0n) is 18.4. The topological polar surface area (TPSA) is 77.1 Å². The number of ether oxygens (including phenoxy) is 3. The van der Waals surface area contributed by atoms with Crippen molar-refractivity contribution in [2.24, 2.45) is 5.92 Å². The van der Waals surface area contributed by atoms with E-state index in [4.69, 9.17) is 14.2 Å². The Hall–Kier alpha value is -2.44. The highest BCUT2D eigenvalue weighted by molar-refractivity contribution is 5.80. The zero-order valence-corrected chi connectivity index (χ0v) is 18.4. The van der Waals surface area contributed by atoms with Gasteiger partial charge in [0.05, 0.1) is 27.8 Å². The van der Waals surface area contributed by atoms with Crippen molar-refractivity contribution in [2.75, 3.05) is 34.4 Å². The Morgan fingerprint density at radius 2 is 1.53 bits per heavy atom. The summed E-state index contributed by atoms with van der Waals surface area (Å²) in [5.41, 5.74) is 0.798. The molecular formula is C23H34N2O5. The average Bonchev–Trinajstić information content (AvgIpc) is 2.78. The molecule has 1 N–H and O–H groups in total. The molecule has 0 bridgehead atoms. The number of likely N-dealkylation sites (tertiary alicyclic amines) is 1. The number of nitrogens with zero attached hydrogens (tertiary/aromatic N) is 1. The van der Waals surface area contributed by atoms with Crippen LogP contribution in [0.5, 0.6) is 17.2 Å². The number of hydrogen-bond acceptors (Lipinski definition) is 5. The Balaban J connectivity index is 1.51. The summed E-state index contributed by atoms with van der Waals surface area (Å²) in [5, 5.41) is 3.12. The summed E-state index contributed by atoms with van der Waals surface area (Å²) in [6.07, 6.45) is 7.50. The molecule has 166 valence electrons. The highest BCUT2D eigenvalue weighted by Gasteiger charge is 2.29. The molecule has 1 aromatic rings. The van der Waals surface area contributed by atoms with E-state index >= 15 is 0 Å². The molecule has 1 saturated heterocycles. The Morgan fingerprint density at radius 3 is 2.07 bits per heavy atom. The van der Waals surface area contributed by atoms with Crippen molar-refractivity contribution in [1.82, 2.24) is 10.2 Å². The van der Waals surface area contributed by atoms with Crippen LogP contribution in [-0.4, -0.2) is 57.2 Å². The molecule has 0 spiro atoms. The third-order valence-electron chi connectivity index (χ3n) is 6.22. The van der Waals surface area contributed by atoms with E-state index in [2.05, 4.69) is 5.32 Å². The summed E-state index contributed by atoms with van der Waals surface area (Å²) in [7, 11) is 4.67. The predicted octanol–water partition coefficient (Wildman–Crippen LogP) is 2.94. The first kappa shape index (κ1) is 22.2. The SMILES string of the molecule is COc1cc(CC(=O)NC2CCN(C(=O)C3CCCCC3)CC2)cc(OC)c1OC. The molecule has 30 heavy (non-hydrogen) atoms. The van der Waals surface area contributed by atoms with Crippen molar-refractivity contribution in [2.45, 2.75) is 57.4 Å². The van der Waals surface area contributed by atoms with Crippen LogP contribution in [0.2, 0.25) is 0 Å². The Bertz CT molecular complexity index is 712. The zero-order chi connectivity index (χ0) is 21.5. The van der Waals surface area contributed by atoms with Crippen molar-refractivity contribution in [3.63, 3.8) is 0 Å². The molecule has 0 unspecified atom stereocenters. The van der Waals surface area contributed by atoms with Gasteiger partial charge in [-0.3, -0.25) is 9.59 Å². The van der Waals surface area contributed by atoms with Crippen molar-refractivity contribution in [1.29, 1.82) is 0 Å². The fraction of sp³-hybridized carbons (Fsp3) is 0.652. The monoisotopic (exact) mass is 418 g/mol. The minimum absolute atomic E-state index is 0.0404. The molecule has 1 aliphatic carbocycles. The number of hydrogen-bond donors (Lipinski definition) is 1. The Labute approximate surface area is 179 Å². The molecule has 7 heteroatoms. The molecular weight excluding hydrogens is 384 g/mol. The minimum atomic E-state index is -0.0404. The normalized spacial score (nSPS) is 18.0. The Morgan fingerprint density at radius 1 is 0.933 bits per heavy atom. The number of methoxy groups -OCH3 is 3. The van der Waals surface area contributed by atoms with E-state index in [9.17, 15) is 9.59 Å². The van der Waals surface area contributed by atoms with Crippen molar-refractivity contribution in [3.05, 3.63) is 17.7 Å². The minimum Gasteiger partial charge on any atom is -0.493 e. The molecule has 7 nitrogen and oxygen atoms in total. The third-order valence-corrected chi connectivity index (χ3v) is 6.22. The maximum Gasteiger partial charge on any atom is 0.225 e. The van der Waals surface area contributed by atoms with Gasteiger partial charge in [-0.05, 0) is 43.4 Å². The number of rotatable bonds is 7. The molecule has 1 aliphatic heterocycles. The van der Waals surface area contributed by atoms with Gasteiger partial charge < -0.3 is 24.4 Å². The molecule has 3 rings (SSSR count). The lowest BCUT2D eigenvalue weighted by Gasteiger charge is -2.35. The molecule has 1 heterocycles. The summed E-state index contributed by atoms with van der Waals surface area (Å²) in [5.74, 6) is 2.07. The van der Waals surface area contributed by atoms with E-state index < -0.39 is 0 Å². The first-order valence-corrected chi connectivity index (χ1v) is 10.9. The lowest BCUT2D eigenvalue weighted by molar-refractivity contribution is -0.137. The number of piperidine rings is 1. The number of carbonyl (C=O) groups is 2. The van der Waals surface area contributed by atoms with E-state index in [0.29, 0.717) is 23.2 Å². The summed E-state index contributed by atoms with van der Waals surface area (Å²) in [6, 6.07) is 3.70. The van der Waals surface area contributed by atoms with Crippen LogP contribution in [0.15, 0.2) is 12.1 Å². The Kier molecular flexibility index (Phi) is 7.82. The van der Waals surface area contributed by atoms with Crippen LogP contribution in [-0.2, 0) is 16.0 Å². The van der Waals surface area contributed by atoms with Gasteiger partial charge in [-0.15, -0.1) is 0 Å². The van der Waals surface area contributed by atoms with Gasteiger partial charge in [0.25, 0.3) is 0 Å². The largest absolute Gasteiger partial charge is 0.493 e. The van der Waals surface area contributed by atoms with Gasteiger partial charge in [0, 0.05) is 25.0 Å². The quantitative estimate of drug-likeness (QED) is 0.737. The lowest BCUT2D eigenvalue weighted by atomic mass is 9.87. The number of carbonyl (C=O) groups excluding carboxylic acids is 2. The van der Waals surface area contributed by atoms with Gasteiger partial charge in [0.15, 0.2) is 11.5 Å². The van der Waals surface area contributed by atoms with Crippen LogP contribution in [0.25, 0.3) is 0 Å². The molecule has 0 radical (unpaired) electrons. The van der Waals surface area contributed by atoms with Gasteiger partial charge >= 0.3 is 0 Å². The third kappa shape index (κ3) is 5.37. The van der Waals surface area contributed by atoms with E-state index in [1.54, 1.807) is 33.5 Å². The molecule has 0 atom stereocenters. The van der Waals surface area contributed by atoms with Crippen LogP contribution in [0.3, 0.4) is 0 Å². The smallest absolute Gasteiger partial charge is 0.225 e. The maximum atomic E-state index is 12.7. The van der Waals surface area contributed by atoms with Crippen LogP contribution in [0.1, 0.15) is 50.5 Å². The standard InChI is InChI=1S/C23H34N2O5/c1-28-19-13-16(14-20(29-2)22(19)30-3)15-21(26)24-18-9-11-25(12-10-18)23(27)17-7-5-4-6-8-17/h13-14,17-18H,4-12,15H2,1-3H3,(H,24,26). The van der Waals surface area contributed by atoms with E-state index in [1.165, 1.54) is 19.3 Å². The highest BCUT2D eigenvalue weighted by atomic mass is 16.5. The number of benzene rings is 1. The van der Waals surface area contributed by atoms with E-state index in [-0.39, 0.29) is 24.3 Å². The van der Waals surface area contributed by atoms with Gasteiger partial charge in [-0.25, -0.2) is 0 Å². The first-order chi connectivity index (χ1) is 14.5. The second-order valence-corrected chi connectivity index (χ2v) is 8.21. The second kappa shape index (κ2) is 10.5. The van der Waals surface area contributed by atoms with Gasteiger partial charge in [0.2, 0.25) is 17.6 Å². The highest BCUT2D eigenvalue weighted by Crippen LogP contribution is 2.38. The molecule has 2 aliphatic rings. The van der Waals surface area contributed by atoms with Crippen LogP contribution in [0.4, 0.5) is 0 Å². The predicted molar refractivity (Wildman–Crippen MR) is 114 cm³/mol. The number of nitrogens with one attached hydrogen (secondary N) is 1. The fourth-order valence-electron chi connectivity index (χ4n) is 4.55.